The summed E-state index contributed by atoms with van der Waals surface area (Å²) in [5, 5.41) is 9.27. The number of aromatic nitrogens is 3. The van der Waals surface area contributed by atoms with E-state index in [1.807, 2.05) is 0 Å². The van der Waals surface area contributed by atoms with E-state index in [0.717, 1.165) is 6.26 Å². The molecule has 0 radical (unpaired) electrons. The Morgan fingerprint density at radius 3 is 2.55 bits per heavy atom. The van der Waals surface area contributed by atoms with E-state index >= 15 is 0 Å². The molecule has 2 aromatic carbocycles. The SMILES string of the molecule is COc1ccc(-c2nc(NC(=O)c3cc(S(C)(=O)=O)ccc3Cl)n[nH]2)c(OC)c1. The van der Waals surface area contributed by atoms with Crippen molar-refractivity contribution in [1.29, 1.82) is 0 Å². The fourth-order valence-corrected chi connectivity index (χ4v) is 3.36. The molecule has 0 aliphatic heterocycles. The number of carbonyl (C=O) groups excluding carboxylic acids is 1. The first-order valence-corrected chi connectivity index (χ1v) is 10.5. The van der Waals surface area contributed by atoms with Crippen LogP contribution in [-0.2, 0) is 9.84 Å². The minimum Gasteiger partial charge on any atom is -0.497 e. The highest BCUT2D eigenvalue weighted by atomic mass is 35.5. The smallest absolute Gasteiger partial charge is 0.259 e. The second kappa shape index (κ2) is 8.10. The fraction of sp³-hybridized carbons (Fsp3) is 0.167. The number of anilines is 1. The van der Waals surface area contributed by atoms with Crippen LogP contribution in [0.25, 0.3) is 11.4 Å². The van der Waals surface area contributed by atoms with Crippen molar-refractivity contribution >= 4 is 33.3 Å². The monoisotopic (exact) mass is 436 g/mol. The van der Waals surface area contributed by atoms with Crippen LogP contribution in [0, 0.1) is 0 Å². The predicted octanol–water partition coefficient (Wildman–Crippen LogP) is 2.80. The molecule has 0 fully saturated rings. The van der Waals surface area contributed by atoms with Crippen LogP contribution in [0.2, 0.25) is 5.02 Å². The zero-order chi connectivity index (χ0) is 21.2. The van der Waals surface area contributed by atoms with E-state index in [1.54, 1.807) is 25.3 Å². The number of benzene rings is 2. The van der Waals surface area contributed by atoms with E-state index in [0.29, 0.717) is 22.9 Å². The Kier molecular flexibility index (Phi) is 5.76. The molecule has 0 unspecified atom stereocenters. The molecule has 0 aliphatic rings. The number of nitrogens with zero attached hydrogens (tertiary/aromatic N) is 2. The van der Waals surface area contributed by atoms with Gasteiger partial charge in [-0.05, 0) is 30.3 Å². The zero-order valence-corrected chi connectivity index (χ0v) is 17.3. The molecule has 0 aliphatic carbocycles. The van der Waals surface area contributed by atoms with Crippen LogP contribution in [0.5, 0.6) is 11.5 Å². The lowest BCUT2D eigenvalue weighted by atomic mass is 10.2. The van der Waals surface area contributed by atoms with Crippen LogP contribution in [0.3, 0.4) is 0 Å². The van der Waals surface area contributed by atoms with Gasteiger partial charge < -0.3 is 9.47 Å². The Bertz CT molecular complexity index is 1180. The number of amides is 1. The van der Waals surface area contributed by atoms with E-state index in [2.05, 4.69) is 20.5 Å². The molecule has 3 aromatic rings. The lowest BCUT2D eigenvalue weighted by molar-refractivity contribution is 0.102. The van der Waals surface area contributed by atoms with Gasteiger partial charge in [0.05, 0.1) is 35.3 Å². The van der Waals surface area contributed by atoms with Crippen LogP contribution in [0.1, 0.15) is 10.4 Å². The number of ether oxygens (including phenoxy) is 2. The average molecular weight is 437 g/mol. The highest BCUT2D eigenvalue weighted by Gasteiger charge is 2.18. The van der Waals surface area contributed by atoms with E-state index in [9.17, 15) is 13.2 Å². The van der Waals surface area contributed by atoms with Gasteiger partial charge in [-0.1, -0.05) is 11.6 Å². The van der Waals surface area contributed by atoms with Gasteiger partial charge in [0.15, 0.2) is 15.7 Å². The standard InChI is InChI=1S/C18H17ClN4O5S/c1-27-10-4-6-12(15(8-10)28-2)16-20-18(23-22-16)21-17(24)13-9-11(29(3,25)26)5-7-14(13)19/h4-9H,1-3H3,(H2,20,21,22,23,24). The summed E-state index contributed by atoms with van der Waals surface area (Å²) in [4.78, 5) is 16.7. The maximum Gasteiger partial charge on any atom is 0.259 e. The van der Waals surface area contributed by atoms with Crippen molar-refractivity contribution in [3.8, 4) is 22.9 Å². The molecule has 3 rings (SSSR count). The number of sulfone groups is 1. The Morgan fingerprint density at radius 1 is 1.14 bits per heavy atom. The highest BCUT2D eigenvalue weighted by Crippen LogP contribution is 2.31. The number of carbonyl (C=O) groups is 1. The number of hydrogen-bond donors (Lipinski definition) is 2. The Labute approximate surface area is 171 Å². The topological polar surface area (TPSA) is 123 Å². The number of H-pyrrole nitrogens is 1. The fourth-order valence-electron chi connectivity index (χ4n) is 2.51. The van der Waals surface area contributed by atoms with Crippen LogP contribution in [0.15, 0.2) is 41.3 Å². The summed E-state index contributed by atoms with van der Waals surface area (Å²) in [6.07, 6.45) is 1.04. The quantitative estimate of drug-likeness (QED) is 0.608. The molecule has 2 N–H and O–H groups in total. The van der Waals surface area contributed by atoms with E-state index in [1.165, 1.54) is 25.3 Å². The number of methoxy groups -OCH3 is 2. The number of halogens is 1. The molecular weight excluding hydrogens is 420 g/mol. The minimum absolute atomic E-state index is 0.0105. The van der Waals surface area contributed by atoms with Gasteiger partial charge in [-0.3, -0.25) is 15.2 Å². The lowest BCUT2D eigenvalue weighted by Gasteiger charge is -2.08. The molecule has 1 amide bonds. The third kappa shape index (κ3) is 4.49. The van der Waals surface area contributed by atoms with Gasteiger partial charge in [-0.15, -0.1) is 5.10 Å². The van der Waals surface area contributed by atoms with Crippen LogP contribution >= 0.6 is 11.6 Å². The van der Waals surface area contributed by atoms with Gasteiger partial charge >= 0.3 is 0 Å². The molecule has 0 atom stereocenters. The van der Waals surface area contributed by atoms with Gasteiger partial charge in [0.25, 0.3) is 5.91 Å². The van der Waals surface area contributed by atoms with Crippen molar-refractivity contribution in [2.45, 2.75) is 4.90 Å². The van der Waals surface area contributed by atoms with Crippen molar-refractivity contribution in [2.75, 3.05) is 25.8 Å². The lowest BCUT2D eigenvalue weighted by Crippen LogP contribution is -2.14. The number of nitrogens with one attached hydrogen (secondary N) is 2. The molecule has 152 valence electrons. The van der Waals surface area contributed by atoms with Crippen molar-refractivity contribution in [3.05, 3.63) is 47.0 Å². The summed E-state index contributed by atoms with van der Waals surface area (Å²) >= 11 is 6.04. The highest BCUT2D eigenvalue weighted by molar-refractivity contribution is 7.90. The molecule has 11 heteroatoms. The summed E-state index contributed by atoms with van der Waals surface area (Å²) < 4.78 is 33.9. The largest absolute Gasteiger partial charge is 0.497 e. The minimum atomic E-state index is -3.49. The molecule has 0 spiro atoms. The third-order valence-corrected chi connectivity index (χ3v) is 5.42. The van der Waals surface area contributed by atoms with Gasteiger partial charge in [0.1, 0.15) is 11.5 Å². The summed E-state index contributed by atoms with van der Waals surface area (Å²) in [6, 6.07) is 9.03. The Hall–Kier alpha value is -3.11. The molecule has 29 heavy (non-hydrogen) atoms. The number of aromatic amines is 1. The van der Waals surface area contributed by atoms with Crippen LogP contribution in [-0.4, -0.2) is 50.0 Å². The van der Waals surface area contributed by atoms with E-state index in [4.69, 9.17) is 21.1 Å². The third-order valence-electron chi connectivity index (χ3n) is 3.99. The average Bonchev–Trinajstić information content (AvgIpc) is 3.14. The first-order chi connectivity index (χ1) is 13.7. The maximum absolute atomic E-state index is 12.5. The van der Waals surface area contributed by atoms with Crippen molar-refractivity contribution < 1.29 is 22.7 Å². The maximum atomic E-state index is 12.5. The first kappa shape index (κ1) is 20.6. The molecule has 0 bridgehead atoms. The molecule has 9 nitrogen and oxygen atoms in total. The number of rotatable bonds is 6. The Balaban J connectivity index is 1.87. The number of hydrogen-bond acceptors (Lipinski definition) is 7. The van der Waals surface area contributed by atoms with Crippen molar-refractivity contribution in [1.82, 2.24) is 15.2 Å². The molecule has 1 aromatic heterocycles. The van der Waals surface area contributed by atoms with Crippen LogP contribution < -0.4 is 14.8 Å². The molecule has 1 heterocycles. The Morgan fingerprint density at radius 2 is 1.90 bits per heavy atom. The molecular formula is C18H17ClN4O5S. The second-order valence-corrected chi connectivity index (χ2v) is 8.36. The van der Waals surface area contributed by atoms with E-state index < -0.39 is 15.7 Å². The normalized spacial score (nSPS) is 11.2. The summed E-state index contributed by atoms with van der Waals surface area (Å²) in [7, 11) is -0.444. The van der Waals surface area contributed by atoms with Gasteiger partial charge in [0, 0.05) is 12.3 Å². The van der Waals surface area contributed by atoms with Gasteiger partial charge in [-0.25, -0.2) is 8.42 Å². The molecule has 0 saturated carbocycles. The summed E-state index contributed by atoms with van der Waals surface area (Å²) in [6.45, 7) is 0. The van der Waals surface area contributed by atoms with Gasteiger partial charge in [0.2, 0.25) is 5.95 Å². The predicted molar refractivity (Wildman–Crippen MR) is 107 cm³/mol. The second-order valence-electron chi connectivity index (χ2n) is 5.94. The first-order valence-electron chi connectivity index (χ1n) is 8.18. The summed E-state index contributed by atoms with van der Waals surface area (Å²) in [5.41, 5.74) is 0.598. The van der Waals surface area contributed by atoms with Gasteiger partial charge in [-0.2, -0.15) is 4.98 Å². The van der Waals surface area contributed by atoms with E-state index in [-0.39, 0.29) is 21.4 Å². The zero-order valence-electron chi connectivity index (χ0n) is 15.7. The van der Waals surface area contributed by atoms with Crippen molar-refractivity contribution in [2.24, 2.45) is 0 Å². The summed E-state index contributed by atoms with van der Waals surface area (Å²) in [5.74, 6) is 0.813. The van der Waals surface area contributed by atoms with Crippen molar-refractivity contribution in [3.63, 3.8) is 0 Å². The van der Waals surface area contributed by atoms with Crippen LogP contribution in [0.4, 0.5) is 5.95 Å². The molecule has 0 saturated heterocycles.